The molecule has 1 saturated heterocycles. The summed E-state index contributed by atoms with van der Waals surface area (Å²) in [6.07, 6.45) is 5.00. The van der Waals surface area contributed by atoms with Crippen molar-refractivity contribution in [3.63, 3.8) is 0 Å². The minimum absolute atomic E-state index is 0.151. The van der Waals surface area contributed by atoms with E-state index >= 15 is 0 Å². The van der Waals surface area contributed by atoms with Crippen molar-refractivity contribution in [1.82, 2.24) is 15.2 Å². The van der Waals surface area contributed by atoms with Gasteiger partial charge in [0.1, 0.15) is 0 Å². The molecule has 17 heavy (non-hydrogen) atoms. The molecule has 0 aliphatic carbocycles. The Morgan fingerprint density at radius 1 is 1.29 bits per heavy atom. The summed E-state index contributed by atoms with van der Waals surface area (Å²) in [7, 11) is 0. The number of hydrogen-bond acceptors (Lipinski definition) is 3. The normalized spacial score (nSPS) is 15.5. The third-order valence-corrected chi connectivity index (χ3v) is 2.91. The lowest BCUT2D eigenvalue weighted by molar-refractivity contribution is -0.117. The summed E-state index contributed by atoms with van der Waals surface area (Å²) in [5, 5.41) is 7.13. The third-order valence-electron chi connectivity index (χ3n) is 2.91. The summed E-state index contributed by atoms with van der Waals surface area (Å²) in [4.78, 5) is 17.3. The zero-order chi connectivity index (χ0) is 11.7. The number of pyridine rings is 1. The quantitative estimate of drug-likeness (QED) is 0.849. The second kappa shape index (κ2) is 4.01. The Kier molecular flexibility index (Phi) is 2.36. The van der Waals surface area contributed by atoms with Crippen molar-refractivity contribution < 1.29 is 4.79 Å². The second-order valence-electron chi connectivity index (χ2n) is 4.02. The van der Waals surface area contributed by atoms with Gasteiger partial charge in [-0.3, -0.25) is 19.8 Å². The van der Waals surface area contributed by atoms with E-state index in [0.717, 1.165) is 24.2 Å². The maximum atomic E-state index is 11.6. The van der Waals surface area contributed by atoms with Gasteiger partial charge in [0, 0.05) is 37.0 Å². The van der Waals surface area contributed by atoms with Gasteiger partial charge in [-0.2, -0.15) is 5.10 Å². The van der Waals surface area contributed by atoms with Crippen molar-refractivity contribution in [1.29, 1.82) is 0 Å². The molecule has 2 aromatic heterocycles. The molecule has 2 aromatic rings. The number of rotatable bonds is 2. The van der Waals surface area contributed by atoms with Gasteiger partial charge in [-0.1, -0.05) is 0 Å². The van der Waals surface area contributed by atoms with Crippen molar-refractivity contribution in [2.45, 2.75) is 12.8 Å². The van der Waals surface area contributed by atoms with E-state index in [1.165, 1.54) is 0 Å². The summed E-state index contributed by atoms with van der Waals surface area (Å²) in [6.45, 7) is 0.763. The van der Waals surface area contributed by atoms with Gasteiger partial charge in [0.25, 0.3) is 0 Å². The molecule has 1 aliphatic rings. The first-order valence-electron chi connectivity index (χ1n) is 5.61. The van der Waals surface area contributed by atoms with Gasteiger partial charge in [-0.15, -0.1) is 0 Å². The number of nitrogens with one attached hydrogen (secondary N) is 1. The van der Waals surface area contributed by atoms with Crippen LogP contribution >= 0.6 is 0 Å². The highest BCUT2D eigenvalue weighted by Gasteiger charge is 2.23. The standard InChI is InChI=1S/C12H12N4O/c17-12-2-1-7-16(12)11-8-10(14-15-11)9-3-5-13-6-4-9/h3-6,8H,1-2,7H2,(H,14,15). The van der Waals surface area contributed by atoms with Crippen molar-refractivity contribution in [2.24, 2.45) is 0 Å². The van der Waals surface area contributed by atoms with Gasteiger partial charge in [-0.25, -0.2) is 0 Å². The molecular formula is C12H12N4O. The maximum Gasteiger partial charge on any atom is 0.228 e. The molecule has 3 heterocycles. The predicted molar refractivity (Wildman–Crippen MR) is 63.4 cm³/mol. The van der Waals surface area contributed by atoms with Gasteiger partial charge < -0.3 is 0 Å². The van der Waals surface area contributed by atoms with Crippen LogP contribution in [0.3, 0.4) is 0 Å². The molecule has 1 amide bonds. The average molecular weight is 228 g/mol. The van der Waals surface area contributed by atoms with Crippen LogP contribution in [0.1, 0.15) is 12.8 Å². The fraction of sp³-hybridized carbons (Fsp3) is 0.250. The first kappa shape index (κ1) is 10.0. The Bertz CT molecular complexity index is 534. The number of H-pyrrole nitrogens is 1. The Morgan fingerprint density at radius 2 is 2.12 bits per heavy atom. The van der Waals surface area contributed by atoms with E-state index in [-0.39, 0.29) is 5.91 Å². The SMILES string of the molecule is O=C1CCCN1c1cc(-c2ccncc2)[nH]n1. The summed E-state index contributed by atoms with van der Waals surface area (Å²) < 4.78 is 0. The number of hydrogen-bond donors (Lipinski definition) is 1. The first-order chi connectivity index (χ1) is 8.34. The molecule has 5 heteroatoms. The Morgan fingerprint density at radius 3 is 2.82 bits per heavy atom. The lowest BCUT2D eigenvalue weighted by Gasteiger charge is -2.10. The topological polar surface area (TPSA) is 61.9 Å². The van der Waals surface area contributed by atoms with E-state index in [9.17, 15) is 4.79 Å². The summed E-state index contributed by atoms with van der Waals surface area (Å²) in [5.41, 5.74) is 1.92. The zero-order valence-corrected chi connectivity index (χ0v) is 9.26. The first-order valence-corrected chi connectivity index (χ1v) is 5.61. The monoisotopic (exact) mass is 228 g/mol. The Balaban J connectivity index is 1.91. The molecule has 0 saturated carbocycles. The second-order valence-corrected chi connectivity index (χ2v) is 4.02. The number of amides is 1. The molecule has 86 valence electrons. The number of nitrogens with zero attached hydrogens (tertiary/aromatic N) is 3. The molecule has 0 radical (unpaired) electrons. The fourth-order valence-electron chi connectivity index (χ4n) is 2.02. The van der Waals surface area contributed by atoms with Crippen molar-refractivity contribution >= 4 is 11.7 Å². The lowest BCUT2D eigenvalue weighted by atomic mass is 10.2. The van der Waals surface area contributed by atoms with E-state index < -0.39 is 0 Å². The van der Waals surface area contributed by atoms with Crippen LogP contribution in [0.5, 0.6) is 0 Å². The van der Waals surface area contributed by atoms with Crippen LogP contribution < -0.4 is 4.90 Å². The van der Waals surface area contributed by atoms with Gasteiger partial charge in [-0.05, 0) is 18.6 Å². The number of carbonyl (C=O) groups is 1. The maximum absolute atomic E-state index is 11.6. The van der Waals surface area contributed by atoms with Crippen molar-refractivity contribution in [3.8, 4) is 11.3 Å². The van der Waals surface area contributed by atoms with Crippen LogP contribution in [-0.4, -0.2) is 27.6 Å². The molecule has 1 fully saturated rings. The molecular weight excluding hydrogens is 216 g/mol. The number of aromatic amines is 1. The van der Waals surface area contributed by atoms with E-state index in [1.807, 2.05) is 18.2 Å². The van der Waals surface area contributed by atoms with Crippen molar-refractivity contribution in [3.05, 3.63) is 30.6 Å². The molecule has 3 rings (SSSR count). The van der Waals surface area contributed by atoms with Crippen LogP contribution in [0.2, 0.25) is 0 Å². The summed E-state index contributed by atoms with van der Waals surface area (Å²) in [5.74, 6) is 0.858. The Labute approximate surface area is 98.5 Å². The number of anilines is 1. The lowest BCUT2D eigenvalue weighted by Crippen LogP contribution is -2.23. The number of aromatic nitrogens is 3. The highest BCUT2D eigenvalue weighted by Crippen LogP contribution is 2.24. The van der Waals surface area contributed by atoms with Crippen LogP contribution in [0, 0.1) is 0 Å². The average Bonchev–Trinajstić information content (AvgIpc) is 2.98. The van der Waals surface area contributed by atoms with Crippen LogP contribution in [0.4, 0.5) is 5.82 Å². The van der Waals surface area contributed by atoms with E-state index in [4.69, 9.17) is 0 Å². The fourth-order valence-corrected chi connectivity index (χ4v) is 2.02. The van der Waals surface area contributed by atoms with Crippen LogP contribution in [0.25, 0.3) is 11.3 Å². The summed E-state index contributed by atoms with van der Waals surface area (Å²) in [6, 6.07) is 5.71. The molecule has 1 N–H and O–H groups in total. The third kappa shape index (κ3) is 1.80. The molecule has 0 spiro atoms. The van der Waals surface area contributed by atoms with Crippen LogP contribution in [-0.2, 0) is 4.79 Å². The molecule has 0 bridgehead atoms. The summed E-state index contributed by atoms with van der Waals surface area (Å²) >= 11 is 0. The minimum atomic E-state index is 0.151. The number of carbonyl (C=O) groups excluding carboxylic acids is 1. The van der Waals surface area contributed by atoms with Gasteiger partial charge in [0.05, 0.1) is 5.69 Å². The zero-order valence-electron chi connectivity index (χ0n) is 9.26. The molecule has 0 aromatic carbocycles. The molecule has 0 atom stereocenters. The van der Waals surface area contributed by atoms with E-state index in [2.05, 4.69) is 15.2 Å². The smallest absolute Gasteiger partial charge is 0.228 e. The molecule has 1 aliphatic heterocycles. The van der Waals surface area contributed by atoms with E-state index in [0.29, 0.717) is 12.2 Å². The largest absolute Gasteiger partial charge is 0.295 e. The molecule has 5 nitrogen and oxygen atoms in total. The van der Waals surface area contributed by atoms with Crippen LogP contribution in [0.15, 0.2) is 30.6 Å². The van der Waals surface area contributed by atoms with Crippen molar-refractivity contribution in [2.75, 3.05) is 11.4 Å². The van der Waals surface area contributed by atoms with Gasteiger partial charge >= 0.3 is 0 Å². The Hall–Kier alpha value is -2.17. The minimum Gasteiger partial charge on any atom is -0.295 e. The highest BCUT2D eigenvalue weighted by molar-refractivity contribution is 5.94. The molecule has 0 unspecified atom stereocenters. The highest BCUT2D eigenvalue weighted by atomic mass is 16.2. The van der Waals surface area contributed by atoms with Gasteiger partial charge in [0.15, 0.2) is 5.82 Å². The predicted octanol–water partition coefficient (Wildman–Crippen LogP) is 1.60. The van der Waals surface area contributed by atoms with Gasteiger partial charge in [0.2, 0.25) is 5.91 Å². The van der Waals surface area contributed by atoms with E-state index in [1.54, 1.807) is 17.3 Å².